The number of rotatable bonds is 5. The molecular weight excluding hydrogens is 352 g/mol. The van der Waals surface area contributed by atoms with Crippen molar-refractivity contribution in [3.05, 3.63) is 39.1 Å². The van der Waals surface area contributed by atoms with Crippen LogP contribution in [0.2, 0.25) is 5.02 Å². The van der Waals surface area contributed by atoms with Crippen LogP contribution in [0.15, 0.2) is 22.7 Å². The minimum atomic E-state index is 0.672. The number of hydrogen-bond acceptors (Lipinski definition) is 3. The van der Waals surface area contributed by atoms with Gasteiger partial charge < -0.3 is 10.6 Å². The molecule has 0 aliphatic carbocycles. The molecule has 0 bridgehead atoms. The van der Waals surface area contributed by atoms with Gasteiger partial charge in [-0.05, 0) is 31.5 Å². The van der Waals surface area contributed by atoms with Gasteiger partial charge in [-0.1, -0.05) is 34.5 Å². The highest BCUT2D eigenvalue weighted by atomic mass is 79.9. The van der Waals surface area contributed by atoms with Crippen molar-refractivity contribution >= 4 is 38.9 Å². The lowest BCUT2D eigenvalue weighted by Gasteiger charge is -2.22. The van der Waals surface area contributed by atoms with Crippen molar-refractivity contribution in [1.29, 1.82) is 0 Å². The number of anilines is 2. The number of halogens is 2. The van der Waals surface area contributed by atoms with Gasteiger partial charge in [-0.25, -0.2) is 0 Å². The van der Waals surface area contributed by atoms with E-state index in [1.165, 1.54) is 0 Å². The molecule has 2 aromatic rings. The molecule has 1 heterocycles. The first-order valence-electron chi connectivity index (χ1n) is 6.98. The highest BCUT2D eigenvalue weighted by Crippen LogP contribution is 2.29. The number of nitrogens with zero attached hydrogens (tertiary/aromatic N) is 3. The van der Waals surface area contributed by atoms with E-state index in [2.05, 4.69) is 39.8 Å². The smallest absolute Gasteiger partial charge is 0.0868 e. The van der Waals surface area contributed by atoms with Gasteiger partial charge in [-0.15, -0.1) is 0 Å². The predicted octanol–water partition coefficient (Wildman–Crippen LogP) is 4.10. The SMILES string of the molecule is CCc1nn(CC)c(CN(C)c2ccc(Br)cc2N)c1Cl. The average molecular weight is 372 g/mol. The quantitative estimate of drug-likeness (QED) is 0.805. The Labute approximate surface area is 139 Å². The van der Waals surface area contributed by atoms with E-state index in [1.54, 1.807) is 0 Å². The van der Waals surface area contributed by atoms with E-state index < -0.39 is 0 Å². The van der Waals surface area contributed by atoms with Crippen molar-refractivity contribution in [3.63, 3.8) is 0 Å². The summed E-state index contributed by atoms with van der Waals surface area (Å²) in [5, 5.41) is 5.31. The Morgan fingerprint density at radius 1 is 1.38 bits per heavy atom. The summed E-state index contributed by atoms with van der Waals surface area (Å²) >= 11 is 9.88. The van der Waals surface area contributed by atoms with E-state index >= 15 is 0 Å². The van der Waals surface area contributed by atoms with Crippen LogP contribution in [0.4, 0.5) is 11.4 Å². The number of nitrogen functional groups attached to an aromatic ring is 1. The normalized spacial score (nSPS) is 10.9. The van der Waals surface area contributed by atoms with Crippen molar-refractivity contribution in [2.24, 2.45) is 0 Å². The molecule has 2 N–H and O–H groups in total. The van der Waals surface area contributed by atoms with E-state index in [1.807, 2.05) is 29.9 Å². The van der Waals surface area contributed by atoms with E-state index in [-0.39, 0.29) is 0 Å². The molecule has 4 nitrogen and oxygen atoms in total. The molecule has 0 spiro atoms. The molecular formula is C15H20BrClN4. The first-order valence-corrected chi connectivity index (χ1v) is 8.15. The first-order chi connectivity index (χ1) is 9.97. The maximum atomic E-state index is 6.46. The van der Waals surface area contributed by atoms with Crippen molar-refractivity contribution in [2.45, 2.75) is 33.4 Å². The minimum Gasteiger partial charge on any atom is -0.397 e. The zero-order valence-electron chi connectivity index (χ0n) is 12.5. The third kappa shape index (κ3) is 3.35. The van der Waals surface area contributed by atoms with E-state index in [4.69, 9.17) is 17.3 Å². The van der Waals surface area contributed by atoms with Gasteiger partial charge in [-0.2, -0.15) is 5.10 Å². The van der Waals surface area contributed by atoms with Crippen LogP contribution in [-0.2, 0) is 19.5 Å². The topological polar surface area (TPSA) is 47.1 Å². The Morgan fingerprint density at radius 2 is 2.10 bits per heavy atom. The Hall–Kier alpha value is -1.20. The van der Waals surface area contributed by atoms with E-state index in [0.29, 0.717) is 6.54 Å². The predicted molar refractivity (Wildman–Crippen MR) is 93.0 cm³/mol. The van der Waals surface area contributed by atoms with Gasteiger partial charge in [0.05, 0.1) is 34.3 Å². The Kier molecular flexibility index (Phi) is 5.17. The molecule has 0 saturated heterocycles. The standard InChI is InChI=1S/C15H20BrClN4/c1-4-12-15(17)14(21(5-2)19-12)9-20(3)13-7-6-10(16)8-11(13)18/h6-8H,4-5,9,18H2,1-3H3. The molecule has 0 fully saturated rings. The summed E-state index contributed by atoms with van der Waals surface area (Å²) in [4.78, 5) is 2.09. The fourth-order valence-electron chi connectivity index (χ4n) is 2.35. The highest BCUT2D eigenvalue weighted by molar-refractivity contribution is 9.10. The summed E-state index contributed by atoms with van der Waals surface area (Å²) in [5.41, 5.74) is 9.79. The molecule has 0 aliphatic heterocycles. The van der Waals surface area contributed by atoms with Crippen LogP contribution in [0, 0.1) is 0 Å². The monoisotopic (exact) mass is 370 g/mol. The second-order valence-electron chi connectivity index (χ2n) is 4.94. The highest BCUT2D eigenvalue weighted by Gasteiger charge is 2.17. The summed E-state index contributed by atoms with van der Waals surface area (Å²) in [6.45, 7) is 5.61. The first kappa shape index (κ1) is 16.2. The van der Waals surface area contributed by atoms with Gasteiger partial charge in [0, 0.05) is 18.1 Å². The van der Waals surface area contributed by atoms with Crippen LogP contribution in [0.1, 0.15) is 25.2 Å². The zero-order chi connectivity index (χ0) is 15.6. The second kappa shape index (κ2) is 6.71. The zero-order valence-corrected chi connectivity index (χ0v) is 14.9. The molecule has 1 aromatic carbocycles. The van der Waals surface area contributed by atoms with Crippen molar-refractivity contribution in [2.75, 3.05) is 17.7 Å². The van der Waals surface area contributed by atoms with E-state index in [0.717, 1.165) is 45.2 Å². The summed E-state index contributed by atoms with van der Waals surface area (Å²) in [6.07, 6.45) is 0.836. The molecule has 1 aromatic heterocycles. The van der Waals surface area contributed by atoms with Crippen LogP contribution in [0.3, 0.4) is 0 Å². The van der Waals surface area contributed by atoms with Crippen LogP contribution in [0.25, 0.3) is 0 Å². The second-order valence-corrected chi connectivity index (χ2v) is 6.23. The summed E-state index contributed by atoms with van der Waals surface area (Å²) in [7, 11) is 2.01. The third-order valence-corrected chi connectivity index (χ3v) is 4.41. The molecule has 0 aliphatic rings. The number of hydrogen-bond donors (Lipinski definition) is 1. The Bertz CT molecular complexity index is 639. The molecule has 0 unspecified atom stereocenters. The van der Waals surface area contributed by atoms with Gasteiger partial charge in [0.1, 0.15) is 0 Å². The van der Waals surface area contributed by atoms with Gasteiger partial charge in [-0.3, -0.25) is 4.68 Å². The number of nitrogens with two attached hydrogens (primary N) is 1. The van der Waals surface area contributed by atoms with Gasteiger partial charge in [0.25, 0.3) is 0 Å². The summed E-state index contributed by atoms with van der Waals surface area (Å²) in [5.74, 6) is 0. The molecule has 0 amide bonds. The van der Waals surface area contributed by atoms with Crippen LogP contribution >= 0.6 is 27.5 Å². The van der Waals surface area contributed by atoms with Gasteiger partial charge in [0.2, 0.25) is 0 Å². The lowest BCUT2D eigenvalue weighted by atomic mass is 10.2. The van der Waals surface area contributed by atoms with Gasteiger partial charge >= 0.3 is 0 Å². The van der Waals surface area contributed by atoms with Crippen LogP contribution in [0.5, 0.6) is 0 Å². The maximum absolute atomic E-state index is 6.46. The van der Waals surface area contributed by atoms with Crippen molar-refractivity contribution in [1.82, 2.24) is 9.78 Å². The Morgan fingerprint density at radius 3 is 2.67 bits per heavy atom. The molecule has 0 atom stereocenters. The third-order valence-electron chi connectivity index (χ3n) is 3.48. The van der Waals surface area contributed by atoms with Crippen molar-refractivity contribution in [3.8, 4) is 0 Å². The lowest BCUT2D eigenvalue weighted by molar-refractivity contribution is 0.610. The fraction of sp³-hybridized carbons (Fsp3) is 0.400. The molecule has 0 saturated carbocycles. The molecule has 6 heteroatoms. The Balaban J connectivity index is 2.31. The summed E-state index contributed by atoms with van der Waals surface area (Å²) in [6, 6.07) is 5.89. The summed E-state index contributed by atoms with van der Waals surface area (Å²) < 4.78 is 2.94. The van der Waals surface area contributed by atoms with E-state index in [9.17, 15) is 0 Å². The van der Waals surface area contributed by atoms with Crippen LogP contribution < -0.4 is 10.6 Å². The number of aryl methyl sites for hydroxylation is 2. The average Bonchev–Trinajstić information content (AvgIpc) is 2.75. The molecule has 2 rings (SSSR count). The molecule has 114 valence electrons. The van der Waals surface area contributed by atoms with Crippen LogP contribution in [-0.4, -0.2) is 16.8 Å². The lowest BCUT2D eigenvalue weighted by Crippen LogP contribution is -2.20. The van der Waals surface area contributed by atoms with Crippen molar-refractivity contribution < 1.29 is 0 Å². The minimum absolute atomic E-state index is 0.672. The maximum Gasteiger partial charge on any atom is 0.0868 e. The largest absolute Gasteiger partial charge is 0.397 e. The van der Waals surface area contributed by atoms with Gasteiger partial charge in [0.15, 0.2) is 0 Å². The molecule has 0 radical (unpaired) electrons. The molecule has 21 heavy (non-hydrogen) atoms. The fourth-order valence-corrected chi connectivity index (χ4v) is 3.06. The number of aromatic nitrogens is 2. The number of benzene rings is 1.